The quantitative estimate of drug-likeness (QED) is 0.145. The number of benzene rings is 4. The minimum absolute atomic E-state index is 0.0215. The van der Waals surface area contributed by atoms with E-state index >= 15 is 0 Å². The van der Waals surface area contributed by atoms with Crippen LogP contribution in [0.5, 0.6) is 5.75 Å². The third kappa shape index (κ3) is 9.73. The summed E-state index contributed by atoms with van der Waals surface area (Å²) in [7, 11) is -4.21. The molecular weight excluding hydrogens is 657 g/mol. The molecule has 0 aliphatic rings. The molecule has 0 heterocycles. The second-order valence-electron chi connectivity index (χ2n) is 11.4. The average Bonchev–Trinajstić information content (AvgIpc) is 3.07. The van der Waals surface area contributed by atoms with E-state index in [1.54, 1.807) is 60.7 Å². The van der Waals surface area contributed by atoms with Gasteiger partial charge >= 0.3 is 0 Å². The van der Waals surface area contributed by atoms with Crippen LogP contribution in [-0.4, -0.2) is 50.9 Å². The van der Waals surface area contributed by atoms with Crippen LogP contribution in [0.2, 0.25) is 10.0 Å². The molecule has 0 saturated heterocycles. The van der Waals surface area contributed by atoms with E-state index in [1.807, 2.05) is 51.1 Å². The maximum atomic E-state index is 14.6. The number of anilines is 1. The van der Waals surface area contributed by atoms with Gasteiger partial charge in [0.2, 0.25) is 11.8 Å². The number of amides is 2. The summed E-state index contributed by atoms with van der Waals surface area (Å²) in [6.45, 7) is 6.06. The Morgan fingerprint density at radius 1 is 0.830 bits per heavy atom. The molecule has 248 valence electrons. The SMILES string of the molecule is CCOc1ccc(N(CC(=O)N(Cc2ccc(Cl)c(Cl)c2)[C@@H](Cc2ccccc2)C(=O)NCC(C)C)S(=O)(=O)c2ccccc2)cc1. The highest BCUT2D eigenvalue weighted by Gasteiger charge is 2.34. The molecule has 0 unspecified atom stereocenters. The number of carbonyl (C=O) groups is 2. The first-order valence-corrected chi connectivity index (χ1v) is 17.5. The lowest BCUT2D eigenvalue weighted by Crippen LogP contribution is -2.53. The molecule has 47 heavy (non-hydrogen) atoms. The maximum Gasteiger partial charge on any atom is 0.264 e. The summed E-state index contributed by atoms with van der Waals surface area (Å²) in [5.41, 5.74) is 1.73. The van der Waals surface area contributed by atoms with Crippen molar-refractivity contribution in [1.82, 2.24) is 10.2 Å². The van der Waals surface area contributed by atoms with Crippen LogP contribution >= 0.6 is 23.2 Å². The Kier molecular flexibility index (Phi) is 12.7. The molecule has 0 radical (unpaired) electrons. The fourth-order valence-corrected chi connectivity index (χ4v) is 6.69. The van der Waals surface area contributed by atoms with Crippen LogP contribution in [0.1, 0.15) is 31.9 Å². The largest absolute Gasteiger partial charge is 0.494 e. The van der Waals surface area contributed by atoms with Crippen molar-refractivity contribution >= 4 is 50.7 Å². The number of nitrogens with one attached hydrogen (secondary N) is 1. The molecule has 0 fully saturated rings. The summed E-state index contributed by atoms with van der Waals surface area (Å²) < 4.78 is 34.9. The van der Waals surface area contributed by atoms with Crippen LogP contribution in [0.3, 0.4) is 0 Å². The molecule has 4 aromatic carbocycles. The van der Waals surface area contributed by atoms with Gasteiger partial charge in [-0.1, -0.05) is 91.6 Å². The van der Waals surface area contributed by atoms with Gasteiger partial charge in [-0.25, -0.2) is 8.42 Å². The molecule has 11 heteroatoms. The number of hydrogen-bond acceptors (Lipinski definition) is 5. The molecule has 4 aromatic rings. The normalized spacial score (nSPS) is 12.0. The van der Waals surface area contributed by atoms with E-state index in [-0.39, 0.29) is 35.4 Å². The number of hydrogen-bond donors (Lipinski definition) is 1. The van der Waals surface area contributed by atoms with Crippen molar-refractivity contribution in [3.8, 4) is 5.75 Å². The van der Waals surface area contributed by atoms with E-state index in [2.05, 4.69) is 5.32 Å². The Morgan fingerprint density at radius 3 is 2.06 bits per heavy atom. The van der Waals surface area contributed by atoms with E-state index in [4.69, 9.17) is 27.9 Å². The predicted molar refractivity (Wildman–Crippen MR) is 187 cm³/mol. The van der Waals surface area contributed by atoms with Gasteiger partial charge < -0.3 is 15.0 Å². The molecule has 4 rings (SSSR count). The Bertz CT molecular complexity index is 1740. The van der Waals surface area contributed by atoms with Gasteiger partial charge in [-0.15, -0.1) is 0 Å². The van der Waals surface area contributed by atoms with Crippen LogP contribution < -0.4 is 14.4 Å². The van der Waals surface area contributed by atoms with Gasteiger partial charge in [0.15, 0.2) is 0 Å². The highest BCUT2D eigenvalue weighted by molar-refractivity contribution is 7.92. The summed E-state index contributed by atoms with van der Waals surface area (Å²) in [6, 6.07) is 27.8. The van der Waals surface area contributed by atoms with Gasteiger partial charge in [-0.3, -0.25) is 13.9 Å². The fourth-order valence-electron chi connectivity index (χ4n) is 4.93. The van der Waals surface area contributed by atoms with Gasteiger partial charge in [0, 0.05) is 19.5 Å². The first kappa shape index (κ1) is 35.8. The summed E-state index contributed by atoms with van der Waals surface area (Å²) in [4.78, 5) is 29.9. The zero-order valence-corrected chi connectivity index (χ0v) is 28.9. The van der Waals surface area contributed by atoms with Crippen LogP contribution in [0.4, 0.5) is 5.69 Å². The van der Waals surface area contributed by atoms with Gasteiger partial charge in [-0.2, -0.15) is 0 Å². The zero-order valence-electron chi connectivity index (χ0n) is 26.6. The number of rotatable bonds is 15. The van der Waals surface area contributed by atoms with Crippen molar-refractivity contribution in [1.29, 1.82) is 0 Å². The van der Waals surface area contributed by atoms with Crippen LogP contribution in [0.25, 0.3) is 0 Å². The maximum absolute atomic E-state index is 14.6. The standard InChI is InChI=1S/C36H39Cl2N3O5S/c1-4-46-30-18-16-29(17-19-30)41(47(44,45)31-13-9-6-10-14-31)25-35(42)40(24-28-15-20-32(37)33(38)21-28)34(36(43)39-23-26(2)3)22-27-11-7-5-8-12-27/h5-21,26,34H,4,22-25H2,1-3H3,(H,39,43)/t34-/m0/s1. The van der Waals surface area contributed by atoms with Crippen LogP contribution in [-0.2, 0) is 32.6 Å². The molecule has 2 amide bonds. The van der Waals surface area contributed by atoms with Crippen LogP contribution in [0, 0.1) is 5.92 Å². The van der Waals surface area contributed by atoms with Crippen molar-refractivity contribution < 1.29 is 22.7 Å². The van der Waals surface area contributed by atoms with Gasteiger partial charge in [0.1, 0.15) is 18.3 Å². The Balaban J connectivity index is 1.80. The Morgan fingerprint density at radius 2 is 1.47 bits per heavy atom. The van der Waals surface area contributed by atoms with E-state index in [9.17, 15) is 18.0 Å². The number of ether oxygens (including phenoxy) is 1. The van der Waals surface area contributed by atoms with Crippen molar-refractivity contribution in [3.63, 3.8) is 0 Å². The third-order valence-electron chi connectivity index (χ3n) is 7.34. The topological polar surface area (TPSA) is 96.0 Å². The Hall–Kier alpha value is -4.05. The third-order valence-corrected chi connectivity index (χ3v) is 9.87. The second-order valence-corrected chi connectivity index (χ2v) is 14.0. The number of sulfonamides is 1. The van der Waals surface area contributed by atoms with Gasteiger partial charge in [0.25, 0.3) is 10.0 Å². The molecule has 0 bridgehead atoms. The molecule has 0 saturated carbocycles. The first-order valence-electron chi connectivity index (χ1n) is 15.3. The van der Waals surface area contributed by atoms with E-state index < -0.39 is 28.5 Å². The minimum atomic E-state index is -4.21. The summed E-state index contributed by atoms with van der Waals surface area (Å²) in [5, 5.41) is 3.62. The minimum Gasteiger partial charge on any atom is -0.494 e. The number of nitrogens with zero attached hydrogens (tertiary/aromatic N) is 2. The van der Waals surface area contributed by atoms with Crippen molar-refractivity contribution in [3.05, 3.63) is 124 Å². The lowest BCUT2D eigenvalue weighted by Gasteiger charge is -2.34. The number of halogens is 2. The van der Waals surface area contributed by atoms with Crippen molar-refractivity contribution in [2.75, 3.05) is 24.0 Å². The van der Waals surface area contributed by atoms with E-state index in [0.717, 1.165) is 9.87 Å². The molecule has 0 aliphatic heterocycles. The molecule has 0 aromatic heterocycles. The number of carbonyl (C=O) groups excluding carboxylic acids is 2. The molecule has 0 spiro atoms. The fraction of sp³-hybridized carbons (Fsp3) is 0.278. The molecule has 0 aliphatic carbocycles. The molecule has 1 N–H and O–H groups in total. The van der Waals surface area contributed by atoms with Crippen molar-refractivity contribution in [2.45, 2.75) is 44.7 Å². The molecular formula is C36H39Cl2N3O5S. The summed E-state index contributed by atoms with van der Waals surface area (Å²) >= 11 is 12.5. The summed E-state index contributed by atoms with van der Waals surface area (Å²) in [5.74, 6) is -0.202. The Labute approximate surface area is 287 Å². The lowest BCUT2D eigenvalue weighted by atomic mass is 10.0. The molecule has 8 nitrogen and oxygen atoms in total. The van der Waals surface area contributed by atoms with E-state index in [0.29, 0.717) is 34.5 Å². The van der Waals surface area contributed by atoms with Crippen molar-refractivity contribution in [2.24, 2.45) is 5.92 Å². The highest BCUT2D eigenvalue weighted by Crippen LogP contribution is 2.28. The highest BCUT2D eigenvalue weighted by atomic mass is 35.5. The summed E-state index contributed by atoms with van der Waals surface area (Å²) in [6.07, 6.45) is 0.201. The predicted octanol–water partition coefficient (Wildman–Crippen LogP) is 7.00. The van der Waals surface area contributed by atoms with E-state index in [1.165, 1.54) is 17.0 Å². The lowest BCUT2D eigenvalue weighted by molar-refractivity contribution is -0.140. The smallest absolute Gasteiger partial charge is 0.264 e. The second kappa shape index (κ2) is 16.7. The first-order chi connectivity index (χ1) is 22.5. The van der Waals surface area contributed by atoms with Gasteiger partial charge in [-0.05, 0) is 72.5 Å². The average molecular weight is 697 g/mol. The molecule has 1 atom stereocenters. The monoisotopic (exact) mass is 695 g/mol. The van der Waals surface area contributed by atoms with Crippen LogP contribution in [0.15, 0.2) is 108 Å². The van der Waals surface area contributed by atoms with Gasteiger partial charge in [0.05, 0.1) is 27.2 Å². The zero-order chi connectivity index (χ0) is 34.0.